The van der Waals surface area contributed by atoms with Gasteiger partial charge in [0, 0.05) is 48.9 Å². The van der Waals surface area contributed by atoms with Crippen LogP contribution in [0.3, 0.4) is 0 Å². The zero-order chi connectivity index (χ0) is 17.4. The van der Waals surface area contributed by atoms with Crippen LogP contribution in [0.25, 0.3) is 17.0 Å². The molecule has 0 aliphatic carbocycles. The Labute approximate surface area is 141 Å². The van der Waals surface area contributed by atoms with Crippen LogP contribution in [0.5, 0.6) is 0 Å². The topological polar surface area (TPSA) is 87.3 Å². The van der Waals surface area contributed by atoms with Crippen molar-refractivity contribution in [3.05, 3.63) is 42.1 Å². The van der Waals surface area contributed by atoms with E-state index >= 15 is 0 Å². The molecule has 0 spiro atoms. The zero-order valence-electron chi connectivity index (χ0n) is 13.6. The van der Waals surface area contributed by atoms with Crippen LogP contribution in [0.15, 0.2) is 36.5 Å². The number of para-hydroxylation sites is 1. The van der Waals surface area contributed by atoms with Crippen LogP contribution in [0, 0.1) is 11.3 Å². The van der Waals surface area contributed by atoms with Gasteiger partial charge in [0.25, 0.3) is 0 Å². The molecule has 0 fully saturated rings. The standard InChI is InChI=1S/C18H21N3O3/c1-24-13-15(22)11-20-18(23)8-7-14-12-21(10-4-9-19)17-6-3-2-5-16(14)17/h2-3,5-8,12,15,22H,4,10-11,13H2,1H3,(H,20,23)/b8-7+. The minimum absolute atomic E-state index is 0.140. The molecule has 0 aliphatic rings. The van der Waals surface area contributed by atoms with E-state index in [9.17, 15) is 9.90 Å². The molecular weight excluding hydrogens is 306 g/mol. The molecule has 1 amide bonds. The maximum atomic E-state index is 11.8. The number of carbonyl (C=O) groups is 1. The van der Waals surface area contributed by atoms with Crippen molar-refractivity contribution in [2.75, 3.05) is 20.3 Å². The predicted octanol–water partition coefficient (Wildman–Crippen LogP) is 1.69. The second-order valence-corrected chi connectivity index (χ2v) is 5.39. The molecule has 2 aromatic rings. The number of ether oxygens (including phenoxy) is 1. The van der Waals surface area contributed by atoms with Gasteiger partial charge in [-0.15, -0.1) is 0 Å². The molecule has 0 radical (unpaired) electrons. The SMILES string of the molecule is COCC(O)CNC(=O)/C=C/c1cn(CCC#N)c2ccccc12. The Bertz CT molecular complexity index is 758. The van der Waals surface area contributed by atoms with Gasteiger partial charge in [0.2, 0.25) is 5.91 Å². The third kappa shape index (κ3) is 4.69. The van der Waals surface area contributed by atoms with E-state index in [0.717, 1.165) is 16.5 Å². The summed E-state index contributed by atoms with van der Waals surface area (Å²) in [6.45, 7) is 0.928. The molecule has 126 valence electrons. The molecule has 1 aromatic heterocycles. The van der Waals surface area contributed by atoms with E-state index in [-0.39, 0.29) is 19.1 Å². The number of carbonyl (C=O) groups excluding carboxylic acids is 1. The van der Waals surface area contributed by atoms with Crippen molar-refractivity contribution < 1.29 is 14.6 Å². The Morgan fingerprint density at radius 1 is 1.50 bits per heavy atom. The van der Waals surface area contributed by atoms with Gasteiger partial charge in [-0.1, -0.05) is 18.2 Å². The summed E-state index contributed by atoms with van der Waals surface area (Å²) in [6.07, 6.45) is 4.82. The van der Waals surface area contributed by atoms with E-state index in [1.54, 1.807) is 6.08 Å². The van der Waals surface area contributed by atoms with Gasteiger partial charge in [0.05, 0.1) is 25.2 Å². The highest BCUT2D eigenvalue weighted by atomic mass is 16.5. The van der Waals surface area contributed by atoms with Gasteiger partial charge >= 0.3 is 0 Å². The minimum Gasteiger partial charge on any atom is -0.389 e. The number of hydrogen-bond donors (Lipinski definition) is 2. The highest BCUT2D eigenvalue weighted by Gasteiger charge is 2.07. The number of fused-ring (bicyclic) bond motifs is 1. The van der Waals surface area contributed by atoms with Crippen molar-refractivity contribution in [1.82, 2.24) is 9.88 Å². The Morgan fingerprint density at radius 3 is 3.04 bits per heavy atom. The molecule has 2 N–H and O–H groups in total. The molecule has 1 atom stereocenters. The van der Waals surface area contributed by atoms with Gasteiger partial charge in [-0.05, 0) is 12.1 Å². The number of aromatic nitrogens is 1. The fraction of sp³-hybridized carbons (Fsp3) is 0.333. The third-order valence-corrected chi connectivity index (χ3v) is 3.57. The summed E-state index contributed by atoms with van der Waals surface area (Å²) in [6, 6.07) is 10.0. The lowest BCUT2D eigenvalue weighted by Gasteiger charge is -2.08. The number of aliphatic hydroxyl groups is 1. The molecular formula is C18H21N3O3. The van der Waals surface area contributed by atoms with E-state index in [1.165, 1.54) is 13.2 Å². The van der Waals surface area contributed by atoms with Gasteiger partial charge < -0.3 is 19.7 Å². The lowest BCUT2D eigenvalue weighted by atomic mass is 10.1. The second-order valence-electron chi connectivity index (χ2n) is 5.39. The van der Waals surface area contributed by atoms with Gasteiger partial charge in [-0.2, -0.15) is 5.26 Å². The molecule has 24 heavy (non-hydrogen) atoms. The summed E-state index contributed by atoms with van der Waals surface area (Å²) in [7, 11) is 1.49. The summed E-state index contributed by atoms with van der Waals surface area (Å²) in [5.41, 5.74) is 1.94. The highest BCUT2D eigenvalue weighted by Crippen LogP contribution is 2.22. The molecule has 0 saturated carbocycles. The lowest BCUT2D eigenvalue weighted by Crippen LogP contribution is -2.33. The monoisotopic (exact) mass is 327 g/mol. The summed E-state index contributed by atoms with van der Waals surface area (Å²) in [5, 5.41) is 21.9. The summed E-state index contributed by atoms with van der Waals surface area (Å²) < 4.78 is 6.82. The largest absolute Gasteiger partial charge is 0.389 e. The van der Waals surface area contributed by atoms with E-state index in [1.807, 2.05) is 35.0 Å². The average Bonchev–Trinajstić information content (AvgIpc) is 2.94. The molecule has 0 aliphatic heterocycles. The number of benzene rings is 1. The third-order valence-electron chi connectivity index (χ3n) is 3.57. The van der Waals surface area contributed by atoms with Crippen LogP contribution in [-0.2, 0) is 16.1 Å². The number of amides is 1. The van der Waals surface area contributed by atoms with Crippen LogP contribution in [-0.4, -0.2) is 41.9 Å². The molecule has 0 bridgehead atoms. The highest BCUT2D eigenvalue weighted by molar-refractivity contribution is 5.96. The van der Waals surface area contributed by atoms with Crippen LogP contribution < -0.4 is 5.32 Å². The zero-order valence-corrected chi connectivity index (χ0v) is 13.6. The first-order chi connectivity index (χ1) is 11.7. The summed E-state index contributed by atoms with van der Waals surface area (Å²) in [4.78, 5) is 11.8. The number of nitrogens with zero attached hydrogens (tertiary/aromatic N) is 2. The van der Waals surface area contributed by atoms with Crippen molar-refractivity contribution in [2.45, 2.75) is 19.1 Å². The molecule has 1 aromatic carbocycles. The Morgan fingerprint density at radius 2 is 2.29 bits per heavy atom. The number of aliphatic hydroxyl groups excluding tert-OH is 1. The maximum absolute atomic E-state index is 11.8. The fourth-order valence-electron chi connectivity index (χ4n) is 2.46. The Kier molecular flexibility index (Phi) is 6.55. The first kappa shape index (κ1) is 17.7. The lowest BCUT2D eigenvalue weighted by molar-refractivity contribution is -0.117. The predicted molar refractivity (Wildman–Crippen MR) is 92.1 cm³/mol. The number of methoxy groups -OCH3 is 1. The van der Waals surface area contributed by atoms with Crippen LogP contribution in [0.1, 0.15) is 12.0 Å². The van der Waals surface area contributed by atoms with Crippen LogP contribution in [0.2, 0.25) is 0 Å². The summed E-state index contributed by atoms with van der Waals surface area (Å²) in [5.74, 6) is -0.279. The first-order valence-electron chi connectivity index (χ1n) is 7.73. The van der Waals surface area contributed by atoms with E-state index in [2.05, 4.69) is 11.4 Å². The van der Waals surface area contributed by atoms with Gasteiger partial charge in [-0.3, -0.25) is 4.79 Å². The van der Waals surface area contributed by atoms with E-state index in [0.29, 0.717) is 13.0 Å². The Hall–Kier alpha value is -2.62. The maximum Gasteiger partial charge on any atom is 0.244 e. The molecule has 6 nitrogen and oxygen atoms in total. The molecule has 6 heteroatoms. The van der Waals surface area contributed by atoms with Crippen molar-refractivity contribution in [3.63, 3.8) is 0 Å². The number of nitriles is 1. The van der Waals surface area contributed by atoms with E-state index in [4.69, 9.17) is 10.00 Å². The Balaban J connectivity index is 2.09. The number of hydrogen-bond acceptors (Lipinski definition) is 4. The van der Waals surface area contributed by atoms with Gasteiger partial charge in [-0.25, -0.2) is 0 Å². The van der Waals surface area contributed by atoms with Crippen molar-refractivity contribution >= 4 is 22.9 Å². The van der Waals surface area contributed by atoms with Crippen molar-refractivity contribution in [3.8, 4) is 6.07 Å². The summed E-state index contributed by atoms with van der Waals surface area (Å²) >= 11 is 0. The number of rotatable bonds is 8. The van der Waals surface area contributed by atoms with Gasteiger partial charge in [0.15, 0.2) is 0 Å². The molecule has 0 saturated heterocycles. The quantitative estimate of drug-likeness (QED) is 0.722. The number of nitrogens with one attached hydrogen (secondary N) is 1. The molecule has 2 rings (SSSR count). The average molecular weight is 327 g/mol. The van der Waals surface area contributed by atoms with E-state index < -0.39 is 6.10 Å². The number of aryl methyl sites for hydroxylation is 1. The van der Waals surface area contributed by atoms with Crippen LogP contribution in [0.4, 0.5) is 0 Å². The molecule has 1 unspecified atom stereocenters. The van der Waals surface area contributed by atoms with Crippen molar-refractivity contribution in [1.29, 1.82) is 5.26 Å². The smallest absolute Gasteiger partial charge is 0.244 e. The van der Waals surface area contributed by atoms with Crippen molar-refractivity contribution in [2.24, 2.45) is 0 Å². The van der Waals surface area contributed by atoms with Crippen LogP contribution >= 0.6 is 0 Å². The normalized spacial score (nSPS) is 12.4. The van der Waals surface area contributed by atoms with Gasteiger partial charge in [0.1, 0.15) is 0 Å². The first-order valence-corrected chi connectivity index (χ1v) is 7.73. The second kappa shape index (κ2) is 8.87. The minimum atomic E-state index is -0.722. The fourth-order valence-corrected chi connectivity index (χ4v) is 2.46. The molecule has 1 heterocycles.